The summed E-state index contributed by atoms with van der Waals surface area (Å²) in [7, 11) is 0. The number of aliphatic hydroxyl groups is 1. The van der Waals surface area contributed by atoms with Gasteiger partial charge in [0.15, 0.2) is 0 Å². The molecule has 0 saturated heterocycles. The molecule has 1 aromatic carbocycles. The Hall–Kier alpha value is -1.81. The number of nitrogens with zero attached hydrogens (tertiary/aromatic N) is 2. The smallest absolute Gasteiger partial charge is 0.132 e. The van der Waals surface area contributed by atoms with Crippen LogP contribution in [0.4, 0.5) is 0 Å². The molecule has 4 nitrogen and oxygen atoms in total. The second-order valence-electron chi connectivity index (χ2n) is 5.29. The van der Waals surface area contributed by atoms with Crippen molar-refractivity contribution < 1.29 is 9.84 Å². The molecule has 1 N–H and O–H groups in total. The minimum atomic E-state index is -0.484. The average Bonchev–Trinajstić information content (AvgIpc) is 2.95. The van der Waals surface area contributed by atoms with Gasteiger partial charge in [0.25, 0.3) is 0 Å². The highest BCUT2D eigenvalue weighted by Gasteiger charge is 2.08. The Morgan fingerprint density at radius 2 is 2.00 bits per heavy atom. The maximum absolute atomic E-state index is 9.58. The highest BCUT2D eigenvalue weighted by atomic mass is 16.5. The fraction of sp³-hybridized carbons (Fsp3) is 0.471. The lowest BCUT2D eigenvalue weighted by atomic mass is 10.1. The summed E-state index contributed by atoms with van der Waals surface area (Å²) in [5.74, 6) is 0.755. The summed E-state index contributed by atoms with van der Waals surface area (Å²) in [4.78, 5) is 0. The lowest BCUT2D eigenvalue weighted by Crippen LogP contribution is -2.08. The molecule has 0 saturated carbocycles. The standard InChI is InChI=1S/C17H24N2O2/c1-4-16(5-2)19-10-9-15(18-19)12-21-17-8-6-7-14(11-17)13(3)20/h6-11,13,16,20H,4-5,12H2,1-3H3/t13-/m0/s1. The van der Waals surface area contributed by atoms with Gasteiger partial charge in [-0.25, -0.2) is 0 Å². The summed E-state index contributed by atoms with van der Waals surface area (Å²) >= 11 is 0. The van der Waals surface area contributed by atoms with Crippen LogP contribution in [-0.2, 0) is 6.61 Å². The van der Waals surface area contributed by atoms with Gasteiger partial charge in [0.2, 0.25) is 0 Å². The SMILES string of the molecule is CCC(CC)n1ccc(COc2cccc([C@H](C)O)c2)n1. The summed E-state index contributed by atoms with van der Waals surface area (Å²) in [5.41, 5.74) is 1.78. The van der Waals surface area contributed by atoms with Gasteiger partial charge in [-0.15, -0.1) is 0 Å². The molecule has 0 amide bonds. The zero-order valence-corrected chi connectivity index (χ0v) is 13.0. The molecule has 4 heteroatoms. The zero-order valence-electron chi connectivity index (χ0n) is 13.0. The minimum Gasteiger partial charge on any atom is -0.487 e. The predicted octanol–water partition coefficient (Wildman–Crippen LogP) is 3.88. The number of hydrogen-bond donors (Lipinski definition) is 1. The Bertz CT molecular complexity index is 559. The first-order valence-corrected chi connectivity index (χ1v) is 7.58. The normalized spacial score (nSPS) is 12.6. The van der Waals surface area contributed by atoms with Gasteiger partial charge in [-0.2, -0.15) is 5.10 Å². The van der Waals surface area contributed by atoms with Gasteiger partial charge >= 0.3 is 0 Å². The van der Waals surface area contributed by atoms with Crippen LogP contribution in [0.1, 0.15) is 57.0 Å². The van der Waals surface area contributed by atoms with E-state index in [1.54, 1.807) is 6.92 Å². The molecule has 0 fully saturated rings. The van der Waals surface area contributed by atoms with Gasteiger partial charge in [-0.1, -0.05) is 26.0 Å². The summed E-state index contributed by atoms with van der Waals surface area (Å²) in [6.07, 6.45) is 3.69. The van der Waals surface area contributed by atoms with E-state index in [2.05, 4.69) is 18.9 Å². The highest BCUT2D eigenvalue weighted by Crippen LogP contribution is 2.20. The molecule has 1 atom stereocenters. The maximum atomic E-state index is 9.58. The summed E-state index contributed by atoms with van der Waals surface area (Å²) in [6, 6.07) is 9.99. The molecule has 0 bridgehead atoms. The molecule has 0 spiro atoms. The first kappa shape index (κ1) is 15.6. The number of hydrogen-bond acceptors (Lipinski definition) is 3. The lowest BCUT2D eigenvalue weighted by molar-refractivity contribution is 0.198. The second-order valence-corrected chi connectivity index (χ2v) is 5.29. The Balaban J connectivity index is 1.98. The topological polar surface area (TPSA) is 47.3 Å². The third kappa shape index (κ3) is 4.08. The molecule has 114 valence electrons. The molecular weight excluding hydrogens is 264 g/mol. The fourth-order valence-electron chi connectivity index (χ4n) is 2.34. The largest absolute Gasteiger partial charge is 0.487 e. The Kier molecular flexibility index (Phi) is 5.39. The minimum absolute atomic E-state index is 0.441. The summed E-state index contributed by atoms with van der Waals surface area (Å²) in [5, 5.41) is 14.1. The van der Waals surface area contributed by atoms with Crippen LogP contribution >= 0.6 is 0 Å². The summed E-state index contributed by atoms with van der Waals surface area (Å²) < 4.78 is 7.78. The number of aromatic nitrogens is 2. The van der Waals surface area contributed by atoms with Gasteiger partial charge in [-0.05, 0) is 43.5 Å². The molecule has 21 heavy (non-hydrogen) atoms. The predicted molar refractivity (Wildman–Crippen MR) is 83.3 cm³/mol. The first-order valence-electron chi connectivity index (χ1n) is 7.58. The van der Waals surface area contributed by atoms with Crippen molar-refractivity contribution in [2.75, 3.05) is 0 Å². The van der Waals surface area contributed by atoms with Crippen LogP contribution in [0.3, 0.4) is 0 Å². The van der Waals surface area contributed by atoms with E-state index >= 15 is 0 Å². The molecule has 1 aromatic heterocycles. The fourth-order valence-corrected chi connectivity index (χ4v) is 2.34. The molecule has 0 aliphatic rings. The van der Waals surface area contributed by atoms with Crippen molar-refractivity contribution in [3.05, 3.63) is 47.8 Å². The van der Waals surface area contributed by atoms with Crippen molar-refractivity contribution in [1.82, 2.24) is 9.78 Å². The second kappa shape index (κ2) is 7.27. The Morgan fingerprint density at radius 3 is 2.67 bits per heavy atom. The van der Waals surface area contributed by atoms with Gasteiger partial charge in [0.1, 0.15) is 12.4 Å². The maximum Gasteiger partial charge on any atom is 0.132 e. The van der Waals surface area contributed by atoms with Crippen molar-refractivity contribution in [3.8, 4) is 5.75 Å². The molecule has 2 rings (SSSR count). The van der Waals surface area contributed by atoms with Crippen LogP contribution < -0.4 is 4.74 Å². The van der Waals surface area contributed by atoms with Crippen LogP contribution in [0.2, 0.25) is 0 Å². The van der Waals surface area contributed by atoms with Crippen LogP contribution in [0, 0.1) is 0 Å². The number of aliphatic hydroxyl groups excluding tert-OH is 1. The van der Waals surface area contributed by atoms with E-state index in [4.69, 9.17) is 4.74 Å². The lowest BCUT2D eigenvalue weighted by Gasteiger charge is -2.12. The molecule has 0 radical (unpaired) electrons. The van der Waals surface area contributed by atoms with Gasteiger partial charge in [-0.3, -0.25) is 4.68 Å². The third-order valence-electron chi connectivity index (χ3n) is 3.71. The van der Waals surface area contributed by atoms with E-state index in [1.807, 2.05) is 41.2 Å². The Labute approximate surface area is 126 Å². The molecule has 2 aromatic rings. The van der Waals surface area contributed by atoms with Crippen LogP contribution in [0.25, 0.3) is 0 Å². The van der Waals surface area contributed by atoms with E-state index in [-0.39, 0.29) is 0 Å². The van der Waals surface area contributed by atoms with Gasteiger partial charge in [0, 0.05) is 6.20 Å². The van der Waals surface area contributed by atoms with Gasteiger partial charge in [0.05, 0.1) is 17.8 Å². The van der Waals surface area contributed by atoms with Crippen molar-refractivity contribution >= 4 is 0 Å². The van der Waals surface area contributed by atoms with E-state index in [1.165, 1.54) is 0 Å². The molecule has 0 unspecified atom stereocenters. The highest BCUT2D eigenvalue weighted by molar-refractivity contribution is 5.29. The number of benzene rings is 1. The number of rotatable bonds is 7. The number of ether oxygens (including phenoxy) is 1. The van der Waals surface area contributed by atoms with Crippen molar-refractivity contribution in [2.24, 2.45) is 0 Å². The van der Waals surface area contributed by atoms with Crippen molar-refractivity contribution in [1.29, 1.82) is 0 Å². The van der Waals surface area contributed by atoms with E-state index < -0.39 is 6.10 Å². The molecule has 1 heterocycles. The van der Waals surface area contributed by atoms with Crippen LogP contribution in [0.15, 0.2) is 36.5 Å². The molecular formula is C17H24N2O2. The van der Waals surface area contributed by atoms with Crippen molar-refractivity contribution in [3.63, 3.8) is 0 Å². The Morgan fingerprint density at radius 1 is 1.24 bits per heavy atom. The van der Waals surface area contributed by atoms with Crippen LogP contribution in [0.5, 0.6) is 5.75 Å². The quantitative estimate of drug-likeness (QED) is 0.841. The summed E-state index contributed by atoms with van der Waals surface area (Å²) in [6.45, 7) is 6.54. The third-order valence-corrected chi connectivity index (χ3v) is 3.71. The van der Waals surface area contributed by atoms with Crippen molar-refractivity contribution in [2.45, 2.75) is 52.4 Å². The van der Waals surface area contributed by atoms with Crippen LogP contribution in [-0.4, -0.2) is 14.9 Å². The molecule has 0 aliphatic heterocycles. The average molecular weight is 288 g/mol. The zero-order chi connectivity index (χ0) is 15.2. The van der Waals surface area contributed by atoms with E-state index in [9.17, 15) is 5.11 Å². The first-order chi connectivity index (χ1) is 10.1. The van der Waals surface area contributed by atoms with E-state index in [0.29, 0.717) is 12.6 Å². The monoisotopic (exact) mass is 288 g/mol. The van der Waals surface area contributed by atoms with E-state index in [0.717, 1.165) is 29.8 Å². The van der Waals surface area contributed by atoms with Gasteiger partial charge < -0.3 is 9.84 Å². The molecule has 0 aliphatic carbocycles.